The van der Waals surface area contributed by atoms with E-state index in [9.17, 15) is 9.59 Å². The largest absolute Gasteiger partial charge is 0.496 e. The number of benzene rings is 3. The summed E-state index contributed by atoms with van der Waals surface area (Å²) >= 11 is 9.25. The molecule has 1 aromatic heterocycles. The van der Waals surface area contributed by atoms with Crippen molar-refractivity contribution in [1.29, 1.82) is 0 Å². The average Bonchev–Trinajstić information content (AvgIpc) is 3.30. The van der Waals surface area contributed by atoms with E-state index in [-0.39, 0.29) is 12.5 Å². The summed E-state index contributed by atoms with van der Waals surface area (Å²) in [4.78, 5) is 29.8. The SMILES string of the molecule is COc1cc(OC)c(CNC(=O)Nc2nc3ccc(C(=O)Nc4c(C)cccc4Cl)cc3s2)c(OI)c1. The maximum Gasteiger partial charge on any atom is 0.321 e. The molecule has 192 valence electrons. The van der Waals surface area contributed by atoms with Crippen LogP contribution < -0.4 is 28.5 Å². The third kappa shape index (κ3) is 6.17. The maximum absolute atomic E-state index is 12.8. The van der Waals surface area contributed by atoms with Gasteiger partial charge in [0.05, 0.1) is 47.3 Å². The molecule has 12 heteroatoms. The number of nitrogens with zero attached hydrogens (tertiary/aromatic N) is 1. The van der Waals surface area contributed by atoms with E-state index in [4.69, 9.17) is 24.1 Å². The smallest absolute Gasteiger partial charge is 0.321 e. The number of halogens is 2. The number of hydrogen-bond acceptors (Lipinski definition) is 7. The number of aryl methyl sites for hydroxylation is 1. The van der Waals surface area contributed by atoms with Crippen molar-refractivity contribution in [3.05, 3.63) is 70.2 Å². The molecule has 0 atom stereocenters. The number of thiazole rings is 1. The van der Waals surface area contributed by atoms with Gasteiger partial charge in [-0.05, 0) is 36.8 Å². The second kappa shape index (κ2) is 11.8. The lowest BCUT2D eigenvalue weighted by Gasteiger charge is -2.14. The number of nitrogens with one attached hydrogen (secondary N) is 3. The molecule has 0 unspecified atom stereocenters. The van der Waals surface area contributed by atoms with E-state index in [0.29, 0.717) is 49.7 Å². The van der Waals surface area contributed by atoms with Gasteiger partial charge in [-0.2, -0.15) is 0 Å². The maximum atomic E-state index is 12.8. The third-order valence-corrected chi connectivity index (χ3v) is 7.16. The molecule has 3 aromatic carbocycles. The van der Waals surface area contributed by atoms with E-state index in [1.54, 1.807) is 66.5 Å². The highest BCUT2D eigenvalue weighted by Gasteiger charge is 2.16. The van der Waals surface area contributed by atoms with E-state index < -0.39 is 6.03 Å². The van der Waals surface area contributed by atoms with Crippen molar-refractivity contribution in [2.75, 3.05) is 24.9 Å². The monoisotopic (exact) mass is 652 g/mol. The van der Waals surface area contributed by atoms with Gasteiger partial charge in [0, 0.05) is 17.7 Å². The number of ether oxygens (including phenoxy) is 2. The Labute approximate surface area is 236 Å². The van der Waals surface area contributed by atoms with Gasteiger partial charge < -0.3 is 23.2 Å². The van der Waals surface area contributed by atoms with Crippen molar-refractivity contribution in [3.8, 4) is 17.2 Å². The topological polar surface area (TPSA) is 111 Å². The molecular weight excluding hydrogens is 631 g/mol. The minimum Gasteiger partial charge on any atom is -0.496 e. The van der Waals surface area contributed by atoms with Crippen molar-refractivity contribution in [2.45, 2.75) is 13.5 Å². The fourth-order valence-electron chi connectivity index (χ4n) is 3.54. The number of carbonyl (C=O) groups excluding carboxylic acids is 2. The molecule has 3 N–H and O–H groups in total. The molecule has 0 aliphatic carbocycles. The van der Waals surface area contributed by atoms with Crippen molar-refractivity contribution in [2.24, 2.45) is 0 Å². The van der Waals surface area contributed by atoms with Gasteiger partial charge in [-0.15, -0.1) is 0 Å². The van der Waals surface area contributed by atoms with Crippen molar-refractivity contribution < 1.29 is 22.1 Å². The van der Waals surface area contributed by atoms with Gasteiger partial charge in [0.2, 0.25) is 0 Å². The lowest BCUT2D eigenvalue weighted by molar-refractivity contribution is 0.102. The summed E-state index contributed by atoms with van der Waals surface area (Å²) in [5, 5.41) is 9.23. The number of fused-ring (bicyclic) bond motifs is 1. The van der Waals surface area contributed by atoms with Crippen LogP contribution in [0.1, 0.15) is 21.5 Å². The zero-order valence-electron chi connectivity index (χ0n) is 20.0. The molecular formula is C25H22ClIN4O5S. The minimum atomic E-state index is -0.455. The first-order chi connectivity index (χ1) is 17.8. The number of hydrogen-bond donors (Lipinski definition) is 3. The van der Waals surface area contributed by atoms with Gasteiger partial charge in [0.25, 0.3) is 5.91 Å². The minimum absolute atomic E-state index is 0.147. The van der Waals surface area contributed by atoms with Crippen molar-refractivity contribution >= 4 is 78.9 Å². The van der Waals surface area contributed by atoms with Crippen LogP contribution >= 0.6 is 45.9 Å². The van der Waals surface area contributed by atoms with Crippen LogP contribution in [0.4, 0.5) is 15.6 Å². The molecule has 0 bridgehead atoms. The summed E-state index contributed by atoms with van der Waals surface area (Å²) in [7, 11) is 3.07. The number of amides is 3. The Morgan fingerprint density at radius 1 is 1.05 bits per heavy atom. The van der Waals surface area contributed by atoms with Crippen LogP contribution in [0.3, 0.4) is 0 Å². The van der Waals surface area contributed by atoms with Crippen LogP contribution in [0.25, 0.3) is 10.2 Å². The van der Waals surface area contributed by atoms with E-state index in [2.05, 4.69) is 20.9 Å². The number of aromatic nitrogens is 1. The second-order valence-electron chi connectivity index (χ2n) is 7.78. The molecule has 0 spiro atoms. The van der Waals surface area contributed by atoms with Crippen molar-refractivity contribution in [3.63, 3.8) is 0 Å². The van der Waals surface area contributed by atoms with Gasteiger partial charge in [0.15, 0.2) is 28.1 Å². The Morgan fingerprint density at radius 3 is 2.54 bits per heavy atom. The first-order valence-corrected chi connectivity index (χ1v) is 13.0. The Hall–Kier alpha value is -3.29. The Kier molecular flexibility index (Phi) is 8.56. The fourth-order valence-corrected chi connectivity index (χ4v) is 5.11. The summed E-state index contributed by atoms with van der Waals surface area (Å²) in [5.41, 5.74) is 3.19. The number of carbonyl (C=O) groups is 2. The molecule has 9 nitrogen and oxygen atoms in total. The number of urea groups is 1. The highest BCUT2D eigenvalue weighted by atomic mass is 127. The summed E-state index contributed by atoms with van der Waals surface area (Å²) in [5.74, 6) is 1.31. The van der Waals surface area contributed by atoms with E-state index in [1.165, 1.54) is 18.4 Å². The first-order valence-electron chi connectivity index (χ1n) is 10.9. The van der Waals surface area contributed by atoms with Gasteiger partial charge in [-0.3, -0.25) is 10.1 Å². The quantitative estimate of drug-likeness (QED) is 0.186. The summed E-state index contributed by atoms with van der Waals surface area (Å²) in [6.07, 6.45) is 0. The lowest BCUT2D eigenvalue weighted by atomic mass is 10.1. The van der Waals surface area contributed by atoms with E-state index in [1.807, 2.05) is 19.1 Å². The number of anilines is 2. The van der Waals surface area contributed by atoms with Crippen molar-refractivity contribution in [1.82, 2.24) is 10.3 Å². The van der Waals surface area contributed by atoms with E-state index in [0.717, 1.165) is 10.3 Å². The first kappa shape index (κ1) is 26.8. The predicted octanol–water partition coefficient (Wildman–Crippen LogP) is 6.58. The van der Waals surface area contributed by atoms with Gasteiger partial charge >= 0.3 is 6.03 Å². The lowest BCUT2D eigenvalue weighted by Crippen LogP contribution is -2.28. The Balaban J connectivity index is 1.44. The van der Waals surface area contributed by atoms with E-state index >= 15 is 0 Å². The highest BCUT2D eigenvalue weighted by Crippen LogP contribution is 2.35. The second-order valence-corrected chi connectivity index (χ2v) is 9.66. The summed E-state index contributed by atoms with van der Waals surface area (Å²) in [6, 6.07) is 13.5. The van der Waals surface area contributed by atoms with Crippen LogP contribution in [-0.4, -0.2) is 31.1 Å². The van der Waals surface area contributed by atoms with Crippen LogP contribution in [0.2, 0.25) is 5.02 Å². The molecule has 0 saturated heterocycles. The van der Waals surface area contributed by atoms with Crippen LogP contribution in [0.5, 0.6) is 17.2 Å². The molecule has 4 aromatic rings. The van der Waals surface area contributed by atoms with Crippen LogP contribution in [0.15, 0.2) is 48.5 Å². The molecule has 37 heavy (non-hydrogen) atoms. The molecule has 0 aliphatic rings. The van der Waals surface area contributed by atoms with Crippen LogP contribution in [0, 0.1) is 6.92 Å². The molecule has 0 aliphatic heterocycles. The van der Waals surface area contributed by atoms with Crippen LogP contribution in [-0.2, 0) is 6.54 Å². The molecule has 1 heterocycles. The van der Waals surface area contributed by atoms with Gasteiger partial charge in [-0.1, -0.05) is 35.1 Å². The summed E-state index contributed by atoms with van der Waals surface area (Å²) in [6.45, 7) is 2.02. The zero-order chi connectivity index (χ0) is 26.5. The fraction of sp³-hybridized carbons (Fsp3) is 0.160. The average molecular weight is 653 g/mol. The molecule has 3 amide bonds. The number of methoxy groups -OCH3 is 2. The summed E-state index contributed by atoms with van der Waals surface area (Å²) < 4.78 is 16.8. The molecule has 0 saturated carbocycles. The number of rotatable bonds is 8. The predicted molar refractivity (Wildman–Crippen MR) is 154 cm³/mol. The Bertz CT molecular complexity index is 1430. The highest BCUT2D eigenvalue weighted by molar-refractivity contribution is 14.1. The Morgan fingerprint density at radius 2 is 1.84 bits per heavy atom. The van der Waals surface area contributed by atoms with Gasteiger partial charge in [0.1, 0.15) is 17.2 Å². The zero-order valence-corrected chi connectivity index (χ0v) is 23.7. The molecule has 0 fully saturated rings. The molecule has 4 rings (SSSR count). The van der Waals surface area contributed by atoms with Gasteiger partial charge in [-0.25, -0.2) is 9.78 Å². The standard InChI is InChI=1S/C25H22ClIN4O5S/c1-13-5-4-6-17(26)22(13)30-23(32)14-7-8-18-21(9-14)37-25(29-18)31-24(33)28-12-16-19(35-3)10-15(34-2)11-20(16)36-27/h4-11H,12H2,1-3H3,(H,30,32)(H2,28,29,31,33). The normalized spacial score (nSPS) is 10.6. The number of para-hydroxylation sites is 1. The third-order valence-electron chi connectivity index (χ3n) is 5.44. The molecule has 0 radical (unpaired) electrons.